The molecule has 1 amide bonds. The first-order valence-corrected chi connectivity index (χ1v) is 5.48. The number of hydrogen-bond acceptors (Lipinski definition) is 3. The van der Waals surface area contributed by atoms with E-state index in [2.05, 4.69) is 11.7 Å². The molecule has 86 valence electrons. The van der Waals surface area contributed by atoms with Gasteiger partial charge in [-0.15, -0.1) is 0 Å². The van der Waals surface area contributed by atoms with E-state index in [-0.39, 0.29) is 11.9 Å². The van der Waals surface area contributed by atoms with Gasteiger partial charge in [-0.25, -0.2) is 0 Å². The Morgan fingerprint density at radius 3 is 2.93 bits per heavy atom. The van der Waals surface area contributed by atoms with Gasteiger partial charge in [0.25, 0.3) is 0 Å². The Balaban J connectivity index is 2.38. The summed E-state index contributed by atoms with van der Waals surface area (Å²) in [6.07, 6.45) is 2.92. The van der Waals surface area contributed by atoms with E-state index in [1.807, 2.05) is 0 Å². The van der Waals surface area contributed by atoms with E-state index in [4.69, 9.17) is 0 Å². The predicted molar refractivity (Wildman–Crippen MR) is 56.2 cm³/mol. The average molecular weight is 213 g/mol. The van der Waals surface area contributed by atoms with Crippen molar-refractivity contribution in [3.63, 3.8) is 0 Å². The van der Waals surface area contributed by atoms with E-state index in [9.17, 15) is 9.59 Å². The minimum absolute atomic E-state index is 0.170. The molecular formula is C11H19NO3. The Bertz CT molecular complexity index is 240. The monoisotopic (exact) mass is 213 g/mol. The molecule has 0 aromatic heterocycles. The fraction of sp³-hybridized carbons (Fsp3) is 0.818. The largest absolute Gasteiger partial charge is 0.469 e. The zero-order valence-corrected chi connectivity index (χ0v) is 9.49. The number of carbonyl (C=O) groups is 2. The number of esters is 1. The molecular weight excluding hydrogens is 194 g/mol. The summed E-state index contributed by atoms with van der Waals surface area (Å²) in [6.45, 7) is 3.44. The van der Waals surface area contributed by atoms with Gasteiger partial charge in [0.1, 0.15) is 0 Å². The van der Waals surface area contributed by atoms with Crippen LogP contribution in [0.5, 0.6) is 0 Å². The molecule has 1 atom stereocenters. The molecule has 1 fully saturated rings. The summed E-state index contributed by atoms with van der Waals surface area (Å²) in [5.41, 5.74) is 0. The molecule has 0 radical (unpaired) electrons. The van der Waals surface area contributed by atoms with E-state index in [1.165, 1.54) is 7.11 Å². The van der Waals surface area contributed by atoms with Gasteiger partial charge in [0.2, 0.25) is 5.91 Å². The fourth-order valence-corrected chi connectivity index (χ4v) is 1.74. The summed E-state index contributed by atoms with van der Waals surface area (Å²) < 4.78 is 4.55. The summed E-state index contributed by atoms with van der Waals surface area (Å²) >= 11 is 0. The first-order valence-electron chi connectivity index (χ1n) is 5.48. The number of methoxy groups -OCH3 is 1. The highest BCUT2D eigenvalue weighted by Crippen LogP contribution is 2.17. The van der Waals surface area contributed by atoms with Crippen molar-refractivity contribution >= 4 is 11.9 Å². The standard InChI is InChI=1S/C11H19NO3/c1-9-3-4-10(13)12(7-5-9)8-6-11(14)15-2/h9H,3-8H2,1-2H3. The summed E-state index contributed by atoms with van der Waals surface area (Å²) in [5, 5.41) is 0. The van der Waals surface area contributed by atoms with Crippen molar-refractivity contribution in [2.24, 2.45) is 5.92 Å². The lowest BCUT2D eigenvalue weighted by molar-refractivity contribution is -0.141. The molecule has 15 heavy (non-hydrogen) atoms. The Hall–Kier alpha value is -1.06. The highest BCUT2D eigenvalue weighted by atomic mass is 16.5. The highest BCUT2D eigenvalue weighted by Gasteiger charge is 2.20. The lowest BCUT2D eigenvalue weighted by Gasteiger charge is -2.19. The van der Waals surface area contributed by atoms with Crippen molar-refractivity contribution in [3.05, 3.63) is 0 Å². The van der Waals surface area contributed by atoms with Gasteiger partial charge in [-0.05, 0) is 18.8 Å². The Labute approximate surface area is 90.6 Å². The molecule has 1 rings (SSSR count). The quantitative estimate of drug-likeness (QED) is 0.662. The van der Waals surface area contributed by atoms with Crippen LogP contribution >= 0.6 is 0 Å². The van der Waals surface area contributed by atoms with Crippen molar-refractivity contribution in [1.29, 1.82) is 0 Å². The maximum Gasteiger partial charge on any atom is 0.307 e. The molecule has 0 aromatic rings. The van der Waals surface area contributed by atoms with Crippen LogP contribution in [0.4, 0.5) is 0 Å². The number of rotatable bonds is 3. The number of carbonyl (C=O) groups excluding carboxylic acids is 2. The fourth-order valence-electron chi connectivity index (χ4n) is 1.74. The van der Waals surface area contributed by atoms with Crippen molar-refractivity contribution in [3.8, 4) is 0 Å². The topological polar surface area (TPSA) is 46.6 Å². The molecule has 1 heterocycles. The van der Waals surface area contributed by atoms with Crippen molar-refractivity contribution < 1.29 is 14.3 Å². The number of nitrogens with zero attached hydrogens (tertiary/aromatic N) is 1. The van der Waals surface area contributed by atoms with Gasteiger partial charge < -0.3 is 9.64 Å². The van der Waals surface area contributed by atoms with Crippen molar-refractivity contribution in [1.82, 2.24) is 4.90 Å². The lowest BCUT2D eigenvalue weighted by atomic mass is 10.0. The molecule has 1 saturated heterocycles. The van der Waals surface area contributed by atoms with Gasteiger partial charge in [-0.2, -0.15) is 0 Å². The third-order valence-electron chi connectivity index (χ3n) is 2.91. The summed E-state index contributed by atoms with van der Waals surface area (Å²) in [6, 6.07) is 0. The van der Waals surface area contributed by atoms with Crippen LogP contribution in [-0.4, -0.2) is 37.0 Å². The minimum atomic E-state index is -0.250. The van der Waals surface area contributed by atoms with Crippen molar-refractivity contribution in [2.75, 3.05) is 20.2 Å². The molecule has 4 nitrogen and oxygen atoms in total. The van der Waals surface area contributed by atoms with Gasteiger partial charge in [0.15, 0.2) is 0 Å². The number of ether oxygens (including phenoxy) is 1. The van der Waals surface area contributed by atoms with Crippen molar-refractivity contribution in [2.45, 2.75) is 32.6 Å². The Morgan fingerprint density at radius 2 is 2.27 bits per heavy atom. The molecule has 0 aliphatic carbocycles. The predicted octanol–water partition coefficient (Wildman–Crippen LogP) is 1.20. The molecule has 4 heteroatoms. The molecule has 0 bridgehead atoms. The first-order chi connectivity index (χ1) is 7.13. The number of amides is 1. The second-order valence-corrected chi connectivity index (χ2v) is 4.14. The van der Waals surface area contributed by atoms with Crippen LogP contribution in [0.2, 0.25) is 0 Å². The molecule has 0 spiro atoms. The van der Waals surface area contributed by atoms with Crippen LogP contribution in [-0.2, 0) is 14.3 Å². The van der Waals surface area contributed by atoms with Gasteiger partial charge in [-0.3, -0.25) is 9.59 Å². The van der Waals surface area contributed by atoms with E-state index in [0.717, 1.165) is 19.4 Å². The van der Waals surface area contributed by atoms with Crippen LogP contribution in [0, 0.1) is 5.92 Å². The smallest absolute Gasteiger partial charge is 0.307 e. The third kappa shape index (κ3) is 3.90. The zero-order valence-electron chi connectivity index (χ0n) is 9.49. The molecule has 0 N–H and O–H groups in total. The molecule has 1 unspecified atom stereocenters. The maximum absolute atomic E-state index is 11.6. The van der Waals surface area contributed by atoms with Gasteiger partial charge in [-0.1, -0.05) is 6.92 Å². The first kappa shape index (κ1) is 12.0. The second-order valence-electron chi connectivity index (χ2n) is 4.14. The highest BCUT2D eigenvalue weighted by molar-refractivity contribution is 5.77. The summed E-state index contributed by atoms with van der Waals surface area (Å²) in [4.78, 5) is 24.4. The van der Waals surface area contributed by atoms with Crippen LogP contribution in [0.25, 0.3) is 0 Å². The van der Waals surface area contributed by atoms with Crippen LogP contribution < -0.4 is 0 Å². The SMILES string of the molecule is COC(=O)CCN1CCC(C)CCC1=O. The van der Waals surface area contributed by atoms with E-state index in [1.54, 1.807) is 4.90 Å². The zero-order chi connectivity index (χ0) is 11.3. The molecule has 0 saturated carbocycles. The molecule has 0 aromatic carbocycles. The van der Waals surface area contributed by atoms with E-state index >= 15 is 0 Å². The number of hydrogen-bond donors (Lipinski definition) is 0. The van der Waals surface area contributed by atoms with E-state index in [0.29, 0.717) is 25.3 Å². The minimum Gasteiger partial charge on any atom is -0.469 e. The normalized spacial score (nSPS) is 22.4. The maximum atomic E-state index is 11.6. The second kappa shape index (κ2) is 5.73. The van der Waals surface area contributed by atoms with Crippen LogP contribution in [0.3, 0.4) is 0 Å². The number of likely N-dealkylation sites (tertiary alicyclic amines) is 1. The summed E-state index contributed by atoms with van der Waals surface area (Å²) in [5.74, 6) is 0.528. The van der Waals surface area contributed by atoms with Gasteiger partial charge in [0.05, 0.1) is 13.5 Å². The third-order valence-corrected chi connectivity index (χ3v) is 2.91. The Kier molecular flexibility index (Phi) is 4.59. The van der Waals surface area contributed by atoms with Crippen LogP contribution in [0.1, 0.15) is 32.6 Å². The molecule has 1 aliphatic heterocycles. The summed E-state index contributed by atoms with van der Waals surface area (Å²) in [7, 11) is 1.37. The Morgan fingerprint density at radius 1 is 1.53 bits per heavy atom. The average Bonchev–Trinajstić information content (AvgIpc) is 2.39. The van der Waals surface area contributed by atoms with Gasteiger partial charge >= 0.3 is 5.97 Å². The van der Waals surface area contributed by atoms with Gasteiger partial charge in [0, 0.05) is 19.5 Å². The lowest BCUT2D eigenvalue weighted by Crippen LogP contribution is -2.32. The molecule has 1 aliphatic rings. The van der Waals surface area contributed by atoms with Crippen LogP contribution in [0.15, 0.2) is 0 Å². The van der Waals surface area contributed by atoms with E-state index < -0.39 is 0 Å².